The summed E-state index contributed by atoms with van der Waals surface area (Å²) in [5, 5.41) is 9.23. The maximum absolute atomic E-state index is 10.6. The van der Waals surface area contributed by atoms with Crippen LogP contribution in [0.2, 0.25) is 0 Å². The molecule has 3 N–H and O–H groups in total. The number of carboxylic acids is 1. The molecule has 7 nitrogen and oxygen atoms in total. The van der Waals surface area contributed by atoms with Gasteiger partial charge in [-0.2, -0.15) is 4.98 Å². The average Bonchev–Trinajstić information content (AvgIpc) is 2.76. The van der Waals surface area contributed by atoms with E-state index in [1.165, 1.54) is 0 Å². The molecule has 0 atom stereocenters. The van der Waals surface area contributed by atoms with Gasteiger partial charge in [0.2, 0.25) is 5.95 Å². The summed E-state index contributed by atoms with van der Waals surface area (Å²) in [5.41, 5.74) is 6.93. The quantitative estimate of drug-likeness (QED) is 0.608. The number of nitrogens with zero attached hydrogens (tertiary/aromatic N) is 4. The third kappa shape index (κ3) is 3.14. The number of aliphatic carboxylic acids is 1. The molecule has 0 radical (unpaired) electrons. The molecule has 0 unspecified atom stereocenters. The van der Waals surface area contributed by atoms with Crippen molar-refractivity contribution in [3.8, 4) is 0 Å². The highest BCUT2D eigenvalue weighted by atomic mass is 32.2. The van der Waals surface area contributed by atoms with E-state index in [0.29, 0.717) is 16.2 Å². The van der Waals surface area contributed by atoms with E-state index in [0.717, 1.165) is 31.1 Å². The molecule has 102 valence electrons. The largest absolute Gasteiger partial charge is 0.481 e. The van der Waals surface area contributed by atoms with Gasteiger partial charge in [-0.3, -0.25) is 4.79 Å². The van der Waals surface area contributed by atoms with Crippen molar-refractivity contribution in [1.29, 1.82) is 0 Å². The van der Waals surface area contributed by atoms with E-state index < -0.39 is 5.97 Å². The number of carboxylic acid groups (broad SMARTS) is 1. The molecule has 0 fully saturated rings. The first kappa shape index (κ1) is 13.6. The van der Waals surface area contributed by atoms with E-state index >= 15 is 0 Å². The monoisotopic (exact) mass is 281 g/mol. The molecular formula is C11H15N5O2S. The van der Waals surface area contributed by atoms with Crippen molar-refractivity contribution < 1.29 is 9.90 Å². The second-order valence-electron chi connectivity index (χ2n) is 4.03. The van der Waals surface area contributed by atoms with Crippen LogP contribution in [-0.2, 0) is 11.3 Å². The van der Waals surface area contributed by atoms with Gasteiger partial charge in [0, 0.05) is 6.54 Å². The Kier molecular flexibility index (Phi) is 4.20. The Morgan fingerprint density at radius 2 is 2.32 bits per heavy atom. The van der Waals surface area contributed by atoms with Gasteiger partial charge in [0.1, 0.15) is 10.5 Å². The van der Waals surface area contributed by atoms with Gasteiger partial charge in [-0.15, -0.1) is 0 Å². The van der Waals surface area contributed by atoms with Crippen LogP contribution in [-0.4, -0.2) is 36.3 Å². The zero-order chi connectivity index (χ0) is 13.8. The summed E-state index contributed by atoms with van der Waals surface area (Å²) in [5.74, 6) is -0.840. The van der Waals surface area contributed by atoms with E-state index in [9.17, 15) is 4.79 Å². The summed E-state index contributed by atoms with van der Waals surface area (Å²) in [6, 6.07) is 0. The highest BCUT2D eigenvalue weighted by Gasteiger charge is 2.13. The Labute approximate surface area is 114 Å². The highest BCUT2D eigenvalue weighted by molar-refractivity contribution is 8.00. The molecule has 0 saturated heterocycles. The molecule has 0 bridgehead atoms. The van der Waals surface area contributed by atoms with Crippen LogP contribution >= 0.6 is 11.8 Å². The predicted molar refractivity (Wildman–Crippen MR) is 73.0 cm³/mol. The van der Waals surface area contributed by atoms with E-state index in [4.69, 9.17) is 10.8 Å². The summed E-state index contributed by atoms with van der Waals surface area (Å²) in [6.45, 7) is 2.92. The third-order valence-corrected chi connectivity index (χ3v) is 3.48. The van der Waals surface area contributed by atoms with Crippen LogP contribution in [0.4, 0.5) is 5.95 Å². The number of hydrogen-bond donors (Lipinski definition) is 2. The number of rotatable bonds is 6. The minimum Gasteiger partial charge on any atom is -0.481 e. The molecular weight excluding hydrogens is 266 g/mol. The molecule has 2 rings (SSSR count). The smallest absolute Gasteiger partial charge is 0.313 e. The Balaban J connectivity index is 2.36. The topological polar surface area (TPSA) is 107 Å². The van der Waals surface area contributed by atoms with Gasteiger partial charge in [0.05, 0.1) is 12.1 Å². The molecule has 0 aromatic carbocycles. The lowest BCUT2D eigenvalue weighted by Gasteiger charge is -2.04. The second-order valence-corrected chi connectivity index (χ2v) is 5.00. The fourth-order valence-electron chi connectivity index (χ4n) is 1.66. The number of nitrogens with two attached hydrogens (primary N) is 1. The molecule has 0 aliphatic heterocycles. The lowest BCUT2D eigenvalue weighted by atomic mass is 10.3. The number of carbonyl (C=O) groups is 1. The summed E-state index contributed by atoms with van der Waals surface area (Å²) in [4.78, 5) is 23.1. The van der Waals surface area contributed by atoms with Crippen molar-refractivity contribution in [3.05, 3.63) is 6.33 Å². The van der Waals surface area contributed by atoms with Gasteiger partial charge in [0.15, 0.2) is 5.65 Å². The minimum absolute atomic E-state index is 0.0760. The predicted octanol–water partition coefficient (Wildman–Crippen LogP) is 1.39. The Morgan fingerprint density at radius 3 is 3.00 bits per heavy atom. The standard InChI is InChI=1S/C11H15N5O2S/c1-2-3-4-16-6-13-8-9(16)14-11(12)15-10(8)19-5-7(17)18/h6H,2-5H2,1H3,(H,17,18)(H2,12,14,15). The first-order valence-electron chi connectivity index (χ1n) is 5.94. The van der Waals surface area contributed by atoms with E-state index in [1.807, 2.05) is 4.57 Å². The lowest BCUT2D eigenvalue weighted by molar-refractivity contribution is -0.133. The van der Waals surface area contributed by atoms with Crippen LogP contribution in [0.5, 0.6) is 0 Å². The molecule has 0 amide bonds. The summed E-state index contributed by atoms with van der Waals surface area (Å²) >= 11 is 1.10. The van der Waals surface area contributed by atoms with Crippen LogP contribution in [0.1, 0.15) is 19.8 Å². The van der Waals surface area contributed by atoms with Crippen molar-refractivity contribution >= 4 is 34.8 Å². The molecule has 2 heterocycles. The first-order chi connectivity index (χ1) is 9.11. The third-order valence-electron chi connectivity index (χ3n) is 2.53. The number of imidazole rings is 1. The minimum atomic E-state index is -0.902. The number of fused-ring (bicyclic) bond motifs is 1. The van der Waals surface area contributed by atoms with E-state index in [-0.39, 0.29) is 11.7 Å². The number of thioether (sulfide) groups is 1. The van der Waals surface area contributed by atoms with Gasteiger partial charge in [0.25, 0.3) is 0 Å². The van der Waals surface area contributed by atoms with Crippen molar-refractivity contribution in [2.24, 2.45) is 0 Å². The zero-order valence-electron chi connectivity index (χ0n) is 10.5. The molecule has 2 aromatic heterocycles. The zero-order valence-corrected chi connectivity index (χ0v) is 11.4. The van der Waals surface area contributed by atoms with Crippen molar-refractivity contribution in [3.63, 3.8) is 0 Å². The first-order valence-corrected chi connectivity index (χ1v) is 6.93. The number of nitrogen functional groups attached to an aromatic ring is 1. The maximum atomic E-state index is 10.6. The van der Waals surface area contributed by atoms with E-state index in [1.54, 1.807) is 6.33 Å². The van der Waals surface area contributed by atoms with Gasteiger partial charge in [-0.1, -0.05) is 25.1 Å². The van der Waals surface area contributed by atoms with Gasteiger partial charge >= 0.3 is 5.97 Å². The number of hydrogen-bond acceptors (Lipinski definition) is 6. The Morgan fingerprint density at radius 1 is 1.53 bits per heavy atom. The summed E-state index contributed by atoms with van der Waals surface area (Å²) in [6.07, 6.45) is 3.78. The molecule has 0 aliphatic rings. The van der Waals surface area contributed by atoms with Gasteiger partial charge < -0.3 is 15.4 Å². The molecule has 0 spiro atoms. The van der Waals surface area contributed by atoms with Gasteiger partial charge in [-0.25, -0.2) is 9.97 Å². The van der Waals surface area contributed by atoms with Crippen LogP contribution in [0, 0.1) is 0 Å². The van der Waals surface area contributed by atoms with Crippen LogP contribution in [0.15, 0.2) is 11.4 Å². The average molecular weight is 281 g/mol. The molecule has 0 aliphatic carbocycles. The number of anilines is 1. The maximum Gasteiger partial charge on any atom is 0.313 e. The second kappa shape index (κ2) is 5.87. The van der Waals surface area contributed by atoms with Crippen LogP contribution < -0.4 is 5.73 Å². The van der Waals surface area contributed by atoms with Crippen LogP contribution in [0.3, 0.4) is 0 Å². The summed E-state index contributed by atoms with van der Waals surface area (Å²) < 4.78 is 1.92. The lowest BCUT2D eigenvalue weighted by Crippen LogP contribution is -2.03. The fraction of sp³-hybridized carbons (Fsp3) is 0.455. The van der Waals surface area contributed by atoms with Crippen molar-refractivity contribution in [2.75, 3.05) is 11.5 Å². The fourth-order valence-corrected chi connectivity index (χ4v) is 2.36. The number of aryl methyl sites for hydroxylation is 1. The molecule has 0 saturated carbocycles. The normalized spacial score (nSPS) is 11.0. The molecule has 2 aromatic rings. The highest BCUT2D eigenvalue weighted by Crippen LogP contribution is 2.24. The molecule has 8 heteroatoms. The molecule has 19 heavy (non-hydrogen) atoms. The SMILES string of the molecule is CCCCn1cnc2c(SCC(=O)O)nc(N)nc21. The number of aromatic nitrogens is 4. The van der Waals surface area contributed by atoms with Crippen molar-refractivity contribution in [2.45, 2.75) is 31.3 Å². The number of unbranched alkanes of at least 4 members (excludes halogenated alkanes) is 1. The van der Waals surface area contributed by atoms with Crippen molar-refractivity contribution in [1.82, 2.24) is 19.5 Å². The van der Waals surface area contributed by atoms with E-state index in [2.05, 4.69) is 21.9 Å². The van der Waals surface area contributed by atoms with Gasteiger partial charge in [-0.05, 0) is 6.42 Å². The summed E-state index contributed by atoms with van der Waals surface area (Å²) in [7, 11) is 0. The van der Waals surface area contributed by atoms with Crippen LogP contribution in [0.25, 0.3) is 11.2 Å². The Hall–Kier alpha value is -1.83. The Bertz CT molecular complexity index is 598.